The number of unbranched alkanes of at least 4 members (excludes halogenated alkanes) is 3. The highest BCUT2D eigenvalue weighted by atomic mass is 16.5. The molecule has 0 aromatic heterocycles. The number of hydrogen-bond donors (Lipinski definition) is 1. The van der Waals surface area contributed by atoms with Crippen molar-refractivity contribution >= 4 is 11.9 Å². The van der Waals surface area contributed by atoms with Gasteiger partial charge in [0.15, 0.2) is 0 Å². The lowest BCUT2D eigenvalue weighted by Gasteiger charge is -2.08. The van der Waals surface area contributed by atoms with Crippen LogP contribution in [0.4, 0.5) is 0 Å². The van der Waals surface area contributed by atoms with Gasteiger partial charge in [-0.2, -0.15) is 0 Å². The van der Waals surface area contributed by atoms with Crippen molar-refractivity contribution in [3.05, 3.63) is 72.3 Å². The third-order valence-corrected chi connectivity index (χ3v) is 4.14. The maximum atomic E-state index is 12.3. The van der Waals surface area contributed by atoms with Gasteiger partial charge < -0.3 is 14.8 Å². The van der Waals surface area contributed by atoms with E-state index in [4.69, 9.17) is 9.47 Å². The van der Waals surface area contributed by atoms with E-state index < -0.39 is 5.97 Å². The molecule has 2 aromatic rings. The number of nitrogens with one attached hydrogen (secondary N) is 1. The molecule has 0 bridgehead atoms. The third-order valence-electron chi connectivity index (χ3n) is 4.14. The molecular formula is C23H27NO4. The summed E-state index contributed by atoms with van der Waals surface area (Å²) in [5.41, 5.74) is 1.36. The second-order valence-electron chi connectivity index (χ2n) is 6.39. The summed E-state index contributed by atoms with van der Waals surface area (Å²) < 4.78 is 11.1. The molecule has 2 rings (SSSR count). The highest BCUT2D eigenvalue weighted by molar-refractivity contribution is 5.91. The highest BCUT2D eigenvalue weighted by Gasteiger charge is 2.09. The van der Waals surface area contributed by atoms with Crippen LogP contribution in [0, 0.1) is 0 Å². The first-order chi connectivity index (χ1) is 13.6. The van der Waals surface area contributed by atoms with Gasteiger partial charge in [-0.1, -0.05) is 44.9 Å². The molecule has 1 amide bonds. The Morgan fingerprint density at radius 3 is 2.29 bits per heavy atom. The number of amides is 1. The van der Waals surface area contributed by atoms with Crippen molar-refractivity contribution < 1.29 is 19.1 Å². The van der Waals surface area contributed by atoms with E-state index in [9.17, 15) is 9.59 Å². The zero-order chi connectivity index (χ0) is 20.2. The van der Waals surface area contributed by atoms with Crippen LogP contribution in [-0.2, 0) is 11.3 Å². The van der Waals surface area contributed by atoms with Gasteiger partial charge in [0.25, 0.3) is 0 Å². The Hall–Kier alpha value is -3.08. The highest BCUT2D eigenvalue weighted by Crippen LogP contribution is 2.17. The summed E-state index contributed by atoms with van der Waals surface area (Å²) in [5.74, 6) is 0.533. The normalized spacial score (nSPS) is 10.2. The van der Waals surface area contributed by atoms with E-state index in [0.717, 1.165) is 17.7 Å². The molecule has 5 nitrogen and oxygen atoms in total. The SMILES string of the molecule is C=CC(=O)NCc1ccc(OC(=O)c2ccc(OCCCCCC)cc2)cc1. The molecule has 0 fully saturated rings. The van der Waals surface area contributed by atoms with E-state index in [2.05, 4.69) is 18.8 Å². The summed E-state index contributed by atoms with van der Waals surface area (Å²) >= 11 is 0. The van der Waals surface area contributed by atoms with Crippen LogP contribution < -0.4 is 14.8 Å². The summed E-state index contributed by atoms with van der Waals surface area (Å²) in [6.07, 6.45) is 5.84. The van der Waals surface area contributed by atoms with E-state index in [0.29, 0.717) is 24.5 Å². The van der Waals surface area contributed by atoms with Crippen LogP contribution >= 0.6 is 0 Å². The molecular weight excluding hydrogens is 354 g/mol. The van der Waals surface area contributed by atoms with Crippen molar-refractivity contribution in [2.45, 2.75) is 39.2 Å². The Labute approximate surface area is 166 Å². The molecule has 0 aliphatic rings. The molecule has 0 spiro atoms. The molecule has 0 unspecified atom stereocenters. The molecule has 2 aromatic carbocycles. The predicted molar refractivity (Wildman–Crippen MR) is 110 cm³/mol. The van der Waals surface area contributed by atoms with E-state index in [-0.39, 0.29) is 5.91 Å². The fourth-order valence-electron chi connectivity index (χ4n) is 2.51. The maximum absolute atomic E-state index is 12.3. The van der Waals surface area contributed by atoms with Crippen LogP contribution in [0.1, 0.15) is 48.5 Å². The van der Waals surface area contributed by atoms with Crippen molar-refractivity contribution in [1.29, 1.82) is 0 Å². The van der Waals surface area contributed by atoms with Gasteiger partial charge in [0.1, 0.15) is 11.5 Å². The minimum Gasteiger partial charge on any atom is -0.494 e. The monoisotopic (exact) mass is 381 g/mol. The first-order valence-electron chi connectivity index (χ1n) is 9.56. The Morgan fingerprint density at radius 2 is 1.64 bits per heavy atom. The molecule has 148 valence electrons. The van der Waals surface area contributed by atoms with Gasteiger partial charge in [0, 0.05) is 6.54 Å². The Balaban J connectivity index is 1.81. The second kappa shape index (κ2) is 11.6. The van der Waals surface area contributed by atoms with Gasteiger partial charge in [-0.15, -0.1) is 0 Å². The minimum absolute atomic E-state index is 0.233. The molecule has 0 aliphatic carbocycles. The van der Waals surface area contributed by atoms with E-state index in [1.807, 2.05) is 0 Å². The summed E-state index contributed by atoms with van der Waals surface area (Å²) in [5, 5.41) is 2.69. The lowest BCUT2D eigenvalue weighted by atomic mass is 10.2. The van der Waals surface area contributed by atoms with Gasteiger partial charge >= 0.3 is 5.97 Å². The lowest BCUT2D eigenvalue weighted by molar-refractivity contribution is -0.116. The van der Waals surface area contributed by atoms with Crippen molar-refractivity contribution in [2.75, 3.05) is 6.61 Å². The fraction of sp³-hybridized carbons (Fsp3) is 0.304. The van der Waals surface area contributed by atoms with Crippen LogP contribution in [0.15, 0.2) is 61.2 Å². The molecule has 0 heterocycles. The van der Waals surface area contributed by atoms with E-state index >= 15 is 0 Å². The molecule has 0 aliphatic heterocycles. The van der Waals surface area contributed by atoms with Gasteiger partial charge in [0.05, 0.1) is 12.2 Å². The number of carbonyl (C=O) groups is 2. The van der Waals surface area contributed by atoms with E-state index in [1.165, 1.54) is 25.3 Å². The summed E-state index contributed by atoms with van der Waals surface area (Å²) in [7, 11) is 0. The summed E-state index contributed by atoms with van der Waals surface area (Å²) in [4.78, 5) is 23.4. The first-order valence-corrected chi connectivity index (χ1v) is 9.56. The number of esters is 1. The van der Waals surface area contributed by atoms with Crippen LogP contribution in [-0.4, -0.2) is 18.5 Å². The summed E-state index contributed by atoms with van der Waals surface area (Å²) in [6.45, 7) is 6.65. The molecule has 1 N–H and O–H groups in total. The van der Waals surface area contributed by atoms with Crippen LogP contribution in [0.25, 0.3) is 0 Å². The maximum Gasteiger partial charge on any atom is 0.343 e. The molecule has 0 saturated heterocycles. The molecule has 28 heavy (non-hydrogen) atoms. The van der Waals surface area contributed by atoms with Crippen molar-refractivity contribution in [2.24, 2.45) is 0 Å². The molecule has 5 heteroatoms. The van der Waals surface area contributed by atoms with E-state index in [1.54, 1.807) is 48.5 Å². The lowest BCUT2D eigenvalue weighted by Crippen LogP contribution is -2.19. The van der Waals surface area contributed by atoms with Crippen LogP contribution in [0.5, 0.6) is 11.5 Å². The van der Waals surface area contributed by atoms with Crippen LogP contribution in [0.3, 0.4) is 0 Å². The van der Waals surface area contributed by atoms with Gasteiger partial charge in [-0.3, -0.25) is 4.79 Å². The standard InChI is InChI=1S/C23H27NO4/c1-3-5-6-7-16-27-20-14-10-19(11-15-20)23(26)28-21-12-8-18(9-13-21)17-24-22(25)4-2/h4,8-15H,2-3,5-7,16-17H2,1H3,(H,24,25). The smallest absolute Gasteiger partial charge is 0.343 e. The number of rotatable bonds is 11. The van der Waals surface area contributed by atoms with Gasteiger partial charge in [-0.25, -0.2) is 4.79 Å². The number of ether oxygens (including phenoxy) is 2. The molecule has 0 radical (unpaired) electrons. The Morgan fingerprint density at radius 1 is 0.964 bits per heavy atom. The molecule has 0 atom stereocenters. The van der Waals surface area contributed by atoms with Crippen LogP contribution in [0.2, 0.25) is 0 Å². The number of hydrogen-bond acceptors (Lipinski definition) is 4. The fourth-order valence-corrected chi connectivity index (χ4v) is 2.51. The number of benzene rings is 2. The average molecular weight is 381 g/mol. The Kier molecular flexibility index (Phi) is 8.79. The largest absolute Gasteiger partial charge is 0.494 e. The number of carbonyl (C=O) groups excluding carboxylic acids is 2. The van der Waals surface area contributed by atoms with Crippen molar-refractivity contribution in [3.63, 3.8) is 0 Å². The quantitative estimate of drug-likeness (QED) is 0.266. The first kappa shape index (κ1) is 21.2. The zero-order valence-corrected chi connectivity index (χ0v) is 16.3. The van der Waals surface area contributed by atoms with Gasteiger partial charge in [-0.05, 0) is 54.5 Å². The average Bonchev–Trinajstić information content (AvgIpc) is 2.73. The minimum atomic E-state index is -0.429. The van der Waals surface area contributed by atoms with Gasteiger partial charge in [0.2, 0.25) is 5.91 Å². The summed E-state index contributed by atoms with van der Waals surface area (Å²) in [6, 6.07) is 13.9. The zero-order valence-electron chi connectivity index (χ0n) is 16.3. The second-order valence-corrected chi connectivity index (χ2v) is 6.39. The van der Waals surface area contributed by atoms with Crippen molar-refractivity contribution in [3.8, 4) is 11.5 Å². The molecule has 0 saturated carbocycles. The predicted octanol–water partition coefficient (Wildman–Crippen LogP) is 4.67. The third kappa shape index (κ3) is 7.27. The Bertz CT molecular complexity index is 766. The topological polar surface area (TPSA) is 64.6 Å². The van der Waals surface area contributed by atoms with Crippen molar-refractivity contribution in [1.82, 2.24) is 5.32 Å².